The molecule has 45 heavy (non-hydrogen) atoms. The fraction of sp³-hybridized carbons (Fsp3) is 0.545. The molecule has 1 spiro atoms. The minimum atomic E-state index is -0.565. The summed E-state index contributed by atoms with van der Waals surface area (Å²) in [5.74, 6) is 7.27. The van der Waals surface area contributed by atoms with E-state index in [1.165, 1.54) is 31.4 Å². The predicted octanol–water partition coefficient (Wildman–Crippen LogP) is 5.52. The summed E-state index contributed by atoms with van der Waals surface area (Å²) < 4.78 is 28.7. The van der Waals surface area contributed by atoms with Crippen molar-refractivity contribution in [3.8, 4) is 17.0 Å². The average molecular weight is 641 g/mol. The van der Waals surface area contributed by atoms with Gasteiger partial charge in [0, 0.05) is 66.8 Å². The second kappa shape index (κ2) is 13.2. The van der Waals surface area contributed by atoms with Crippen LogP contribution in [0.25, 0.3) is 22.2 Å². The molecule has 6 heterocycles. The summed E-state index contributed by atoms with van der Waals surface area (Å²) in [5.41, 5.74) is 8.69. The molecule has 0 radical (unpaired) electrons. The molecule has 1 aromatic carbocycles. The maximum Gasteiger partial charge on any atom is 0.175 e. The molecule has 0 amide bonds. The van der Waals surface area contributed by atoms with Gasteiger partial charge in [-0.1, -0.05) is 18.5 Å². The number of phenols is 1. The van der Waals surface area contributed by atoms with E-state index in [4.69, 9.17) is 28.2 Å². The normalized spacial score (nSPS) is 24.1. The third-order valence-electron chi connectivity index (χ3n) is 9.59. The Balaban J connectivity index is 0.000000337. The van der Waals surface area contributed by atoms with Crippen molar-refractivity contribution in [3.05, 3.63) is 52.5 Å². The van der Waals surface area contributed by atoms with Crippen LogP contribution in [0.15, 0.2) is 30.2 Å². The molecule has 1 saturated carbocycles. The van der Waals surface area contributed by atoms with Crippen molar-refractivity contribution in [2.24, 2.45) is 17.5 Å². The van der Waals surface area contributed by atoms with Crippen LogP contribution in [0.2, 0.25) is 5.02 Å². The number of halogens is 3. The van der Waals surface area contributed by atoms with E-state index in [9.17, 15) is 9.50 Å². The van der Waals surface area contributed by atoms with E-state index in [-0.39, 0.29) is 22.5 Å². The van der Waals surface area contributed by atoms with Crippen LogP contribution >= 0.6 is 11.6 Å². The highest BCUT2D eigenvalue weighted by Crippen LogP contribution is 2.40. The highest BCUT2D eigenvalue weighted by molar-refractivity contribution is 6.32. The molecule has 2 unspecified atom stereocenters. The van der Waals surface area contributed by atoms with E-state index in [2.05, 4.69) is 20.2 Å². The average Bonchev–Trinajstić information content (AvgIpc) is 3.41. The number of hydrogen-bond acceptors (Lipinski definition) is 9. The van der Waals surface area contributed by atoms with Gasteiger partial charge in [0.05, 0.1) is 5.39 Å². The number of nitrogens with one attached hydrogen (secondary N) is 1. The molecule has 4 aliphatic heterocycles. The van der Waals surface area contributed by atoms with Crippen LogP contribution in [0, 0.1) is 11.7 Å². The number of hydrazine groups is 1. The SMILES string of the molecule is CCc1nc2c3cnc(c(F)c3n1)-c1cc(O)cc(Cl)c1CCC/C(N)=C/N(N)CC1CCCN2C1.FC1CNC2(CCC2)C1. The van der Waals surface area contributed by atoms with E-state index in [1.807, 2.05) is 6.92 Å². The van der Waals surface area contributed by atoms with E-state index < -0.39 is 12.0 Å². The Hall–Kier alpha value is -3.28. The summed E-state index contributed by atoms with van der Waals surface area (Å²) in [6.07, 6.45) is 11.7. The molecule has 2 atom stereocenters. The number of aryl methyl sites for hydroxylation is 1. The van der Waals surface area contributed by atoms with Crippen LogP contribution in [0.4, 0.5) is 14.6 Å². The van der Waals surface area contributed by atoms with Gasteiger partial charge in [-0.3, -0.25) is 4.98 Å². The summed E-state index contributed by atoms with van der Waals surface area (Å²) in [6.45, 7) is 4.76. The summed E-state index contributed by atoms with van der Waals surface area (Å²) in [7, 11) is 0. The number of alkyl halides is 1. The number of pyridine rings is 1. The summed E-state index contributed by atoms with van der Waals surface area (Å²) >= 11 is 6.53. The Kier molecular flexibility index (Phi) is 9.31. The molecule has 9 nitrogen and oxygen atoms in total. The van der Waals surface area contributed by atoms with Gasteiger partial charge in [0.1, 0.15) is 34.8 Å². The number of piperidine rings is 1. The lowest BCUT2D eigenvalue weighted by Gasteiger charge is -2.38. The molecule has 242 valence electrons. The number of anilines is 1. The second-order valence-corrected chi connectivity index (χ2v) is 13.4. The molecule has 12 heteroatoms. The Morgan fingerprint density at radius 2 is 1.98 bits per heavy atom. The van der Waals surface area contributed by atoms with Gasteiger partial charge in [0.15, 0.2) is 5.82 Å². The van der Waals surface area contributed by atoms with Crippen molar-refractivity contribution in [2.45, 2.75) is 82.8 Å². The molecule has 5 aliphatic rings. The van der Waals surface area contributed by atoms with Crippen molar-refractivity contribution in [1.29, 1.82) is 0 Å². The molecule has 6 N–H and O–H groups in total. The number of phenolic OH excluding ortho intramolecular Hbond substituents is 1. The topological polar surface area (TPSA) is 129 Å². The van der Waals surface area contributed by atoms with Crippen molar-refractivity contribution < 1.29 is 13.9 Å². The fourth-order valence-corrected chi connectivity index (χ4v) is 7.45. The van der Waals surface area contributed by atoms with Crippen LogP contribution in [0.5, 0.6) is 5.75 Å². The molecule has 8 rings (SSSR count). The van der Waals surface area contributed by atoms with Crippen molar-refractivity contribution in [2.75, 3.05) is 31.1 Å². The number of benzene rings is 1. The van der Waals surface area contributed by atoms with Gasteiger partial charge in [-0.25, -0.2) is 24.6 Å². The van der Waals surface area contributed by atoms with Gasteiger partial charge in [0.25, 0.3) is 0 Å². The number of aromatic nitrogens is 3. The third-order valence-corrected chi connectivity index (χ3v) is 9.93. The first-order chi connectivity index (χ1) is 21.6. The van der Waals surface area contributed by atoms with Gasteiger partial charge in [-0.15, -0.1) is 0 Å². The highest BCUT2D eigenvalue weighted by Gasteiger charge is 2.43. The molecular formula is C33H43ClF2N8O. The standard InChI is InChI=1S/C26H31ClFN7O.C7H12FN/c1-2-22-32-25-20-11-31-24(23(25)28)19-9-17(36)10-21(27)18(19)7-3-6-16(29)14-35(30)13-15-5-4-8-34(12-15)26(20)33-22;8-6-4-7(9-5-6)2-1-3-7/h9-11,14-15,36H,2-8,12-13,29-30H2,1H3;6,9H,1-5H2/b16-14-;. The maximum atomic E-state index is 16.2. The van der Waals surface area contributed by atoms with Gasteiger partial charge in [0.2, 0.25) is 0 Å². The molecule has 6 bridgehead atoms. The Labute approximate surface area is 268 Å². The Bertz CT molecular complexity index is 1580. The number of nitrogens with two attached hydrogens (primary N) is 2. The van der Waals surface area contributed by atoms with Crippen molar-refractivity contribution in [1.82, 2.24) is 25.3 Å². The van der Waals surface area contributed by atoms with Crippen LogP contribution in [-0.4, -0.2) is 63.0 Å². The number of nitrogens with zero attached hydrogens (tertiary/aromatic N) is 5. The first kappa shape index (κ1) is 31.7. The van der Waals surface area contributed by atoms with Crippen LogP contribution in [-0.2, 0) is 12.8 Å². The number of rotatable bonds is 1. The van der Waals surface area contributed by atoms with Crippen molar-refractivity contribution in [3.63, 3.8) is 0 Å². The summed E-state index contributed by atoms with van der Waals surface area (Å²) in [5, 5.41) is 16.1. The Morgan fingerprint density at radius 3 is 2.67 bits per heavy atom. The zero-order valence-corrected chi connectivity index (χ0v) is 26.6. The first-order valence-electron chi connectivity index (χ1n) is 16.1. The van der Waals surface area contributed by atoms with Gasteiger partial charge >= 0.3 is 0 Å². The minimum absolute atomic E-state index is 0.0545. The number of aromatic hydroxyl groups is 1. The van der Waals surface area contributed by atoms with Gasteiger partial charge in [-0.05, 0) is 81.4 Å². The number of fused-ring (bicyclic) bond motifs is 6. The van der Waals surface area contributed by atoms with Gasteiger partial charge < -0.3 is 26.1 Å². The van der Waals surface area contributed by atoms with E-state index in [1.54, 1.807) is 17.4 Å². The van der Waals surface area contributed by atoms with E-state index in [0.717, 1.165) is 32.4 Å². The van der Waals surface area contributed by atoms with Crippen molar-refractivity contribution >= 4 is 28.3 Å². The lowest BCUT2D eigenvalue weighted by Crippen LogP contribution is -2.45. The van der Waals surface area contributed by atoms with Crippen LogP contribution in [0.3, 0.4) is 0 Å². The number of allylic oxidation sites excluding steroid dienone is 1. The van der Waals surface area contributed by atoms with E-state index in [0.29, 0.717) is 83.6 Å². The molecule has 3 fully saturated rings. The first-order valence-corrected chi connectivity index (χ1v) is 16.5. The predicted molar refractivity (Wildman–Crippen MR) is 174 cm³/mol. The van der Waals surface area contributed by atoms with Crippen LogP contribution < -0.4 is 21.8 Å². The second-order valence-electron chi connectivity index (χ2n) is 13.0. The lowest BCUT2D eigenvalue weighted by atomic mass is 9.76. The smallest absolute Gasteiger partial charge is 0.175 e. The van der Waals surface area contributed by atoms with Crippen LogP contribution in [0.1, 0.15) is 69.7 Å². The van der Waals surface area contributed by atoms with Gasteiger partial charge in [-0.2, -0.15) is 0 Å². The molecular weight excluding hydrogens is 598 g/mol. The molecule has 3 aromatic rings. The quantitative estimate of drug-likeness (QED) is 0.254. The summed E-state index contributed by atoms with van der Waals surface area (Å²) in [6, 6.07) is 2.97. The molecule has 1 aliphatic carbocycles. The Morgan fingerprint density at radius 1 is 1.16 bits per heavy atom. The van der Waals surface area contributed by atoms with E-state index >= 15 is 4.39 Å². The maximum absolute atomic E-state index is 16.2. The molecule has 2 saturated heterocycles. The zero-order valence-electron chi connectivity index (χ0n) is 25.8. The summed E-state index contributed by atoms with van der Waals surface area (Å²) in [4.78, 5) is 16.1. The number of hydrogen-bond donors (Lipinski definition) is 4. The third kappa shape index (κ3) is 6.80. The highest BCUT2D eigenvalue weighted by atomic mass is 35.5. The molecule has 2 aromatic heterocycles. The monoisotopic (exact) mass is 640 g/mol. The zero-order chi connectivity index (χ0) is 31.7. The lowest BCUT2D eigenvalue weighted by molar-refractivity contribution is 0.202. The minimum Gasteiger partial charge on any atom is -0.508 e. The largest absolute Gasteiger partial charge is 0.508 e. The fourth-order valence-electron chi connectivity index (χ4n) is 7.15.